The molecule has 7 heteroatoms. The van der Waals surface area contributed by atoms with Gasteiger partial charge in [0.15, 0.2) is 11.5 Å². The van der Waals surface area contributed by atoms with Gasteiger partial charge < -0.3 is 19.9 Å². The average Bonchev–Trinajstić information content (AvgIpc) is 2.94. The molecule has 0 saturated heterocycles. The van der Waals surface area contributed by atoms with Crippen LogP contribution in [0.1, 0.15) is 52.6 Å². The number of ether oxygens (including phenoxy) is 3. The maximum Gasteiger partial charge on any atom is 0.264 e. The van der Waals surface area contributed by atoms with Crippen molar-refractivity contribution in [2.24, 2.45) is 0 Å². The van der Waals surface area contributed by atoms with Crippen LogP contribution in [0.25, 0.3) is 0 Å². The van der Waals surface area contributed by atoms with Crippen molar-refractivity contribution in [3.05, 3.63) is 53.1 Å². The fourth-order valence-corrected chi connectivity index (χ4v) is 3.53. The Hall–Kier alpha value is -3.06. The van der Waals surface area contributed by atoms with Gasteiger partial charge in [-0.05, 0) is 50.1 Å². The summed E-state index contributed by atoms with van der Waals surface area (Å²) in [6.45, 7) is 4.21. The summed E-state index contributed by atoms with van der Waals surface area (Å²) in [6.07, 6.45) is 0.380. The Morgan fingerprint density at radius 1 is 1.03 bits per heavy atom. The van der Waals surface area contributed by atoms with E-state index in [-0.39, 0.29) is 17.6 Å². The van der Waals surface area contributed by atoms with Crippen LogP contribution in [0.3, 0.4) is 0 Å². The second-order valence-electron chi connectivity index (χ2n) is 7.12. The molecular formula is C22H26N2O5. The van der Waals surface area contributed by atoms with E-state index in [0.29, 0.717) is 35.8 Å². The van der Waals surface area contributed by atoms with E-state index in [9.17, 15) is 9.59 Å². The van der Waals surface area contributed by atoms with Crippen LogP contribution in [0.4, 0.5) is 5.69 Å². The number of anilines is 1. The maximum absolute atomic E-state index is 13.1. The number of carbonyl (C=O) groups is 2. The van der Waals surface area contributed by atoms with Gasteiger partial charge in [-0.15, -0.1) is 0 Å². The minimum Gasteiger partial charge on any atom is -0.493 e. The molecule has 7 nitrogen and oxygen atoms in total. The van der Waals surface area contributed by atoms with Gasteiger partial charge in [-0.25, -0.2) is 0 Å². The summed E-state index contributed by atoms with van der Waals surface area (Å²) in [5.74, 6) is 0.380. The summed E-state index contributed by atoms with van der Waals surface area (Å²) < 4.78 is 16.5. The quantitative estimate of drug-likeness (QED) is 0.541. The lowest BCUT2D eigenvalue weighted by atomic mass is 10.0. The number of rotatable bonds is 8. The van der Waals surface area contributed by atoms with Crippen molar-refractivity contribution in [2.75, 3.05) is 26.6 Å². The Bertz CT molecular complexity index is 925. The van der Waals surface area contributed by atoms with Crippen LogP contribution in [-0.4, -0.2) is 43.6 Å². The molecule has 2 amide bonds. The average molecular weight is 398 g/mol. The van der Waals surface area contributed by atoms with Crippen molar-refractivity contribution in [1.29, 1.82) is 0 Å². The zero-order valence-corrected chi connectivity index (χ0v) is 17.1. The monoisotopic (exact) mass is 398 g/mol. The Labute approximate surface area is 170 Å². The number of imide groups is 1. The second kappa shape index (κ2) is 8.53. The Kier molecular flexibility index (Phi) is 6.08. The molecule has 0 saturated carbocycles. The first-order valence-corrected chi connectivity index (χ1v) is 9.49. The molecule has 2 N–H and O–H groups in total. The molecule has 0 aliphatic carbocycles. The summed E-state index contributed by atoms with van der Waals surface area (Å²) in [5, 5.41) is 0. The Morgan fingerprint density at radius 3 is 2.41 bits per heavy atom. The van der Waals surface area contributed by atoms with E-state index < -0.39 is 11.9 Å². The minimum atomic E-state index is -0.526. The van der Waals surface area contributed by atoms with Gasteiger partial charge in [0.2, 0.25) is 0 Å². The summed E-state index contributed by atoms with van der Waals surface area (Å²) in [7, 11) is 3.15. The van der Waals surface area contributed by atoms with Crippen LogP contribution in [-0.2, 0) is 4.74 Å². The van der Waals surface area contributed by atoms with Crippen molar-refractivity contribution >= 4 is 17.5 Å². The number of methoxy groups -OCH3 is 2. The van der Waals surface area contributed by atoms with Crippen molar-refractivity contribution in [3.8, 4) is 11.5 Å². The molecule has 0 spiro atoms. The van der Waals surface area contributed by atoms with E-state index in [2.05, 4.69) is 0 Å². The van der Waals surface area contributed by atoms with E-state index in [1.807, 2.05) is 26.0 Å². The fourth-order valence-electron chi connectivity index (χ4n) is 3.53. The first-order chi connectivity index (χ1) is 13.9. The highest BCUT2D eigenvalue weighted by Gasteiger charge is 2.41. The van der Waals surface area contributed by atoms with Crippen LogP contribution >= 0.6 is 0 Å². The molecule has 29 heavy (non-hydrogen) atoms. The van der Waals surface area contributed by atoms with Gasteiger partial charge in [0.25, 0.3) is 11.8 Å². The Morgan fingerprint density at radius 2 is 1.79 bits per heavy atom. The molecule has 0 aromatic heterocycles. The van der Waals surface area contributed by atoms with Gasteiger partial charge in [0.05, 0.1) is 30.4 Å². The number of amides is 2. The lowest BCUT2D eigenvalue weighted by Gasteiger charge is -2.27. The van der Waals surface area contributed by atoms with Crippen LogP contribution in [0, 0.1) is 0 Å². The number of carbonyl (C=O) groups excluding carboxylic acids is 2. The third-order valence-corrected chi connectivity index (χ3v) is 4.82. The van der Waals surface area contributed by atoms with Crippen molar-refractivity contribution in [1.82, 2.24) is 4.90 Å². The maximum atomic E-state index is 13.1. The fraction of sp³-hybridized carbons (Fsp3) is 0.364. The normalized spacial score (nSPS) is 14.3. The molecular weight excluding hydrogens is 372 g/mol. The molecule has 154 valence electrons. The summed E-state index contributed by atoms with van der Waals surface area (Å²) >= 11 is 0. The summed E-state index contributed by atoms with van der Waals surface area (Å²) in [6, 6.07) is 9.82. The topological polar surface area (TPSA) is 91.1 Å². The van der Waals surface area contributed by atoms with E-state index in [1.54, 1.807) is 38.5 Å². The number of nitrogens with two attached hydrogens (primary N) is 1. The lowest BCUT2D eigenvalue weighted by molar-refractivity contribution is 0.0545. The highest BCUT2D eigenvalue weighted by molar-refractivity contribution is 6.23. The first kappa shape index (κ1) is 20.7. The summed E-state index contributed by atoms with van der Waals surface area (Å²) in [5.41, 5.74) is 7.62. The highest BCUT2D eigenvalue weighted by atomic mass is 16.5. The largest absolute Gasteiger partial charge is 0.493 e. The van der Waals surface area contributed by atoms with Crippen molar-refractivity contribution in [3.63, 3.8) is 0 Å². The van der Waals surface area contributed by atoms with Gasteiger partial charge in [-0.2, -0.15) is 0 Å². The van der Waals surface area contributed by atoms with E-state index >= 15 is 0 Å². The predicted octanol–water partition coefficient (Wildman–Crippen LogP) is 3.44. The van der Waals surface area contributed by atoms with Crippen molar-refractivity contribution < 1.29 is 23.8 Å². The number of nitrogen functional groups attached to an aromatic ring is 1. The van der Waals surface area contributed by atoms with Crippen molar-refractivity contribution in [2.45, 2.75) is 32.4 Å². The van der Waals surface area contributed by atoms with Gasteiger partial charge in [0.1, 0.15) is 0 Å². The molecule has 1 heterocycles. The number of benzene rings is 2. The minimum absolute atomic E-state index is 0.0596. The Balaban J connectivity index is 2.05. The lowest BCUT2D eigenvalue weighted by Crippen LogP contribution is -2.35. The molecule has 0 radical (unpaired) electrons. The predicted molar refractivity (Wildman–Crippen MR) is 109 cm³/mol. The SMILES string of the molecule is COCCC(c1ccc(OC)c(OC(C)C)c1)N1C(=O)c2cccc(N)c2C1=O. The van der Waals surface area contributed by atoms with Crippen LogP contribution < -0.4 is 15.2 Å². The zero-order chi connectivity index (χ0) is 21.1. The molecule has 1 atom stereocenters. The number of hydrogen-bond acceptors (Lipinski definition) is 6. The third kappa shape index (κ3) is 3.91. The number of fused-ring (bicyclic) bond motifs is 1. The van der Waals surface area contributed by atoms with Gasteiger partial charge in [-0.3, -0.25) is 14.5 Å². The summed E-state index contributed by atoms with van der Waals surface area (Å²) in [4.78, 5) is 27.5. The van der Waals surface area contributed by atoms with Gasteiger partial charge in [-0.1, -0.05) is 12.1 Å². The van der Waals surface area contributed by atoms with Crippen LogP contribution in [0.15, 0.2) is 36.4 Å². The number of nitrogens with zero attached hydrogens (tertiary/aromatic N) is 1. The van der Waals surface area contributed by atoms with Crippen LogP contribution in [0.5, 0.6) is 11.5 Å². The molecule has 1 unspecified atom stereocenters. The third-order valence-electron chi connectivity index (χ3n) is 4.82. The molecule has 2 aromatic rings. The highest BCUT2D eigenvalue weighted by Crippen LogP contribution is 2.38. The molecule has 1 aliphatic rings. The standard InChI is InChI=1S/C22H26N2O5/c1-13(2)29-19-12-14(8-9-18(19)28-4)17(10-11-27-3)24-21(25)15-6-5-7-16(23)20(15)22(24)26/h5-9,12-13,17H,10-11,23H2,1-4H3. The van der Waals surface area contributed by atoms with Gasteiger partial charge in [0, 0.05) is 19.4 Å². The molecule has 3 rings (SSSR count). The van der Waals surface area contributed by atoms with Gasteiger partial charge >= 0.3 is 0 Å². The van der Waals surface area contributed by atoms with Crippen LogP contribution in [0.2, 0.25) is 0 Å². The molecule has 0 bridgehead atoms. The zero-order valence-electron chi connectivity index (χ0n) is 17.1. The van der Waals surface area contributed by atoms with E-state index in [1.165, 1.54) is 4.90 Å². The van der Waals surface area contributed by atoms with E-state index in [4.69, 9.17) is 19.9 Å². The van der Waals surface area contributed by atoms with E-state index in [0.717, 1.165) is 5.56 Å². The molecule has 0 fully saturated rings. The first-order valence-electron chi connectivity index (χ1n) is 9.49. The smallest absolute Gasteiger partial charge is 0.264 e. The number of hydrogen-bond donors (Lipinski definition) is 1. The molecule has 2 aromatic carbocycles. The molecule has 1 aliphatic heterocycles. The second-order valence-corrected chi connectivity index (χ2v) is 7.12.